The Hall–Kier alpha value is -0.420. The molecule has 0 saturated carbocycles. The summed E-state index contributed by atoms with van der Waals surface area (Å²) < 4.78 is 0.699. The van der Waals surface area contributed by atoms with Crippen LogP contribution in [0.3, 0.4) is 0 Å². The van der Waals surface area contributed by atoms with Gasteiger partial charge in [-0.15, -0.1) is 11.3 Å². The average Bonchev–Trinajstić information content (AvgIpc) is 2.60. The van der Waals surface area contributed by atoms with Gasteiger partial charge in [0.1, 0.15) is 9.61 Å². The quantitative estimate of drug-likeness (QED) is 0.917. The van der Waals surface area contributed by atoms with Gasteiger partial charge >= 0.3 is 0 Å². The summed E-state index contributed by atoms with van der Waals surface area (Å²) in [6.45, 7) is -0.00117. The van der Waals surface area contributed by atoms with E-state index in [1.54, 1.807) is 0 Å². The molecule has 1 aromatic carbocycles. The standard InChI is InChI=1S/C10H7BrClNOS/c11-9-8(5-14)15-10(13-9)6-2-1-3-7(12)4-6/h1-4,14H,5H2. The van der Waals surface area contributed by atoms with Crippen LogP contribution in [0.25, 0.3) is 10.6 Å². The maximum absolute atomic E-state index is 9.05. The molecular formula is C10H7BrClNOS. The monoisotopic (exact) mass is 303 g/mol. The number of aliphatic hydroxyl groups excluding tert-OH is 1. The van der Waals surface area contributed by atoms with Crippen molar-refractivity contribution in [3.05, 3.63) is 38.8 Å². The van der Waals surface area contributed by atoms with Crippen molar-refractivity contribution >= 4 is 38.9 Å². The number of halogens is 2. The Labute approximate surface area is 105 Å². The Morgan fingerprint density at radius 1 is 1.47 bits per heavy atom. The predicted molar refractivity (Wildman–Crippen MR) is 66.2 cm³/mol. The molecule has 0 radical (unpaired) electrons. The van der Waals surface area contributed by atoms with Crippen LogP contribution in [0, 0.1) is 0 Å². The van der Waals surface area contributed by atoms with Crippen LogP contribution < -0.4 is 0 Å². The molecule has 0 bridgehead atoms. The molecule has 0 amide bonds. The first-order valence-electron chi connectivity index (χ1n) is 4.22. The van der Waals surface area contributed by atoms with Crippen LogP contribution in [0.2, 0.25) is 5.02 Å². The lowest BCUT2D eigenvalue weighted by Gasteiger charge is -1.95. The third-order valence-corrected chi connectivity index (χ3v) is 4.11. The van der Waals surface area contributed by atoms with Gasteiger partial charge in [0.2, 0.25) is 0 Å². The number of aromatic nitrogens is 1. The maximum atomic E-state index is 9.05. The van der Waals surface area contributed by atoms with E-state index in [1.807, 2.05) is 24.3 Å². The molecule has 0 aliphatic rings. The lowest BCUT2D eigenvalue weighted by molar-refractivity contribution is 0.284. The van der Waals surface area contributed by atoms with Gasteiger partial charge < -0.3 is 5.11 Å². The summed E-state index contributed by atoms with van der Waals surface area (Å²) >= 11 is 10.6. The zero-order valence-electron chi connectivity index (χ0n) is 7.58. The zero-order chi connectivity index (χ0) is 10.8. The molecule has 0 spiro atoms. The maximum Gasteiger partial charge on any atom is 0.125 e. The van der Waals surface area contributed by atoms with Crippen LogP contribution in [0.5, 0.6) is 0 Å². The first kappa shape index (κ1) is 11.1. The topological polar surface area (TPSA) is 33.1 Å². The fourth-order valence-electron chi connectivity index (χ4n) is 1.18. The van der Waals surface area contributed by atoms with Gasteiger partial charge in [0, 0.05) is 10.6 Å². The predicted octanol–water partition coefficient (Wildman–Crippen LogP) is 3.72. The van der Waals surface area contributed by atoms with Gasteiger partial charge in [0.05, 0.1) is 11.5 Å². The second-order valence-electron chi connectivity index (χ2n) is 2.90. The van der Waals surface area contributed by atoms with Crippen LogP contribution in [-0.4, -0.2) is 10.1 Å². The van der Waals surface area contributed by atoms with E-state index in [0.717, 1.165) is 15.4 Å². The van der Waals surface area contributed by atoms with Crippen molar-refractivity contribution < 1.29 is 5.11 Å². The minimum absolute atomic E-state index is 0.00117. The normalized spacial score (nSPS) is 10.6. The van der Waals surface area contributed by atoms with E-state index in [-0.39, 0.29) is 6.61 Å². The van der Waals surface area contributed by atoms with Gasteiger partial charge in [-0.1, -0.05) is 23.7 Å². The smallest absolute Gasteiger partial charge is 0.125 e. The van der Waals surface area contributed by atoms with Crippen LogP contribution in [-0.2, 0) is 6.61 Å². The van der Waals surface area contributed by atoms with E-state index >= 15 is 0 Å². The number of thiazole rings is 1. The lowest BCUT2D eigenvalue weighted by atomic mass is 10.2. The first-order chi connectivity index (χ1) is 7.20. The van der Waals surface area contributed by atoms with E-state index in [4.69, 9.17) is 16.7 Å². The summed E-state index contributed by atoms with van der Waals surface area (Å²) in [5.41, 5.74) is 0.966. The molecule has 1 aromatic heterocycles. The molecule has 5 heteroatoms. The lowest BCUT2D eigenvalue weighted by Crippen LogP contribution is -1.76. The first-order valence-corrected chi connectivity index (χ1v) is 6.21. The van der Waals surface area contributed by atoms with E-state index in [9.17, 15) is 0 Å². The summed E-state index contributed by atoms with van der Waals surface area (Å²) in [7, 11) is 0. The molecule has 0 saturated heterocycles. The van der Waals surface area contributed by atoms with Crippen molar-refractivity contribution in [2.24, 2.45) is 0 Å². The minimum atomic E-state index is -0.00117. The molecule has 78 valence electrons. The third kappa shape index (κ3) is 2.39. The van der Waals surface area contributed by atoms with Crippen molar-refractivity contribution in [2.75, 3.05) is 0 Å². The van der Waals surface area contributed by atoms with Crippen molar-refractivity contribution in [3.8, 4) is 10.6 Å². The number of nitrogens with zero attached hydrogens (tertiary/aromatic N) is 1. The molecule has 2 rings (SSSR count). The SMILES string of the molecule is OCc1sc(-c2cccc(Cl)c2)nc1Br. The molecule has 2 nitrogen and oxygen atoms in total. The van der Waals surface area contributed by atoms with Crippen LogP contribution in [0.1, 0.15) is 4.88 Å². The summed E-state index contributed by atoms with van der Waals surface area (Å²) in [6, 6.07) is 7.50. The molecule has 0 aliphatic carbocycles. The highest BCUT2D eigenvalue weighted by atomic mass is 79.9. The van der Waals surface area contributed by atoms with Crippen molar-refractivity contribution in [1.82, 2.24) is 4.98 Å². The third-order valence-electron chi connectivity index (χ3n) is 1.86. The molecule has 0 unspecified atom stereocenters. The van der Waals surface area contributed by atoms with Crippen molar-refractivity contribution in [1.29, 1.82) is 0 Å². The number of rotatable bonds is 2. The molecule has 0 aliphatic heterocycles. The number of aliphatic hydroxyl groups is 1. The Balaban J connectivity index is 2.45. The second kappa shape index (κ2) is 4.61. The van der Waals surface area contributed by atoms with E-state index < -0.39 is 0 Å². The number of benzene rings is 1. The summed E-state index contributed by atoms with van der Waals surface area (Å²) in [4.78, 5) is 5.13. The van der Waals surface area contributed by atoms with Gasteiger partial charge in [-0.25, -0.2) is 4.98 Å². The van der Waals surface area contributed by atoms with Gasteiger partial charge in [0.15, 0.2) is 0 Å². The number of hydrogen-bond donors (Lipinski definition) is 1. The van der Waals surface area contributed by atoms with Crippen LogP contribution in [0.15, 0.2) is 28.9 Å². The molecular weight excluding hydrogens is 298 g/mol. The average molecular weight is 305 g/mol. The molecule has 0 fully saturated rings. The summed E-state index contributed by atoms with van der Waals surface area (Å²) in [5, 5.41) is 10.6. The van der Waals surface area contributed by atoms with Crippen LogP contribution in [0.4, 0.5) is 0 Å². The fourth-order valence-corrected chi connectivity index (χ4v) is 2.84. The largest absolute Gasteiger partial charge is 0.391 e. The Morgan fingerprint density at radius 3 is 2.87 bits per heavy atom. The molecule has 1 N–H and O–H groups in total. The van der Waals surface area contributed by atoms with Gasteiger partial charge in [-0.2, -0.15) is 0 Å². The van der Waals surface area contributed by atoms with Crippen LogP contribution >= 0.6 is 38.9 Å². The van der Waals surface area contributed by atoms with Crippen molar-refractivity contribution in [2.45, 2.75) is 6.61 Å². The molecule has 15 heavy (non-hydrogen) atoms. The summed E-state index contributed by atoms with van der Waals surface area (Å²) in [5.74, 6) is 0. The van der Waals surface area contributed by atoms with Gasteiger partial charge in [-0.05, 0) is 28.1 Å². The fraction of sp³-hybridized carbons (Fsp3) is 0.100. The highest BCUT2D eigenvalue weighted by molar-refractivity contribution is 9.10. The van der Waals surface area contributed by atoms with E-state index in [1.165, 1.54) is 11.3 Å². The highest BCUT2D eigenvalue weighted by Gasteiger charge is 2.09. The molecule has 0 atom stereocenters. The Kier molecular flexibility index (Phi) is 3.41. The summed E-state index contributed by atoms with van der Waals surface area (Å²) in [6.07, 6.45) is 0. The van der Waals surface area contributed by atoms with Gasteiger partial charge in [0.25, 0.3) is 0 Å². The zero-order valence-corrected chi connectivity index (χ0v) is 10.7. The second-order valence-corrected chi connectivity index (χ2v) is 5.17. The Bertz CT molecular complexity index is 486. The number of hydrogen-bond acceptors (Lipinski definition) is 3. The highest BCUT2D eigenvalue weighted by Crippen LogP contribution is 2.31. The van der Waals surface area contributed by atoms with Crippen molar-refractivity contribution in [3.63, 3.8) is 0 Å². The Morgan fingerprint density at radius 2 is 2.27 bits per heavy atom. The molecule has 2 aromatic rings. The minimum Gasteiger partial charge on any atom is -0.391 e. The molecule has 1 heterocycles. The van der Waals surface area contributed by atoms with E-state index in [2.05, 4.69) is 20.9 Å². The van der Waals surface area contributed by atoms with E-state index in [0.29, 0.717) is 9.63 Å². The van der Waals surface area contributed by atoms with Gasteiger partial charge in [-0.3, -0.25) is 0 Å².